The minimum absolute atomic E-state index is 0.0715. The molecule has 1 N–H and O–H groups in total. The molecule has 1 aliphatic rings. The van der Waals surface area contributed by atoms with Crippen LogP contribution in [0.1, 0.15) is 32.3 Å². The summed E-state index contributed by atoms with van der Waals surface area (Å²) < 4.78 is 16.2. The molecule has 2 aromatic carbocycles. The summed E-state index contributed by atoms with van der Waals surface area (Å²) in [4.78, 5) is 26.7. The summed E-state index contributed by atoms with van der Waals surface area (Å²) in [5, 5.41) is 2.84. The molecule has 1 aliphatic heterocycles. The van der Waals surface area contributed by atoms with E-state index < -0.39 is 6.10 Å². The van der Waals surface area contributed by atoms with Gasteiger partial charge in [0.15, 0.2) is 17.6 Å². The number of fused-ring (bicyclic) bond motifs is 1. The molecule has 0 fully saturated rings. The van der Waals surface area contributed by atoms with Crippen LogP contribution in [0.3, 0.4) is 0 Å². The van der Waals surface area contributed by atoms with Crippen molar-refractivity contribution >= 4 is 29.3 Å². The first kappa shape index (κ1) is 22.2. The third-order valence-electron chi connectivity index (χ3n) is 5.00. The number of methoxy groups -OCH3 is 2. The molecule has 0 saturated carbocycles. The minimum Gasteiger partial charge on any atom is -0.493 e. The van der Waals surface area contributed by atoms with E-state index in [9.17, 15) is 9.59 Å². The van der Waals surface area contributed by atoms with Gasteiger partial charge in [-0.15, -0.1) is 0 Å². The van der Waals surface area contributed by atoms with Crippen LogP contribution in [0.4, 0.5) is 11.4 Å². The van der Waals surface area contributed by atoms with Crippen LogP contribution in [0.15, 0.2) is 42.5 Å². The molecule has 31 heavy (non-hydrogen) atoms. The lowest BCUT2D eigenvalue weighted by Gasteiger charge is -2.33. The van der Waals surface area contributed by atoms with E-state index in [0.717, 1.165) is 18.4 Å². The van der Waals surface area contributed by atoms with E-state index in [-0.39, 0.29) is 11.8 Å². The number of rotatable bonds is 8. The average Bonchev–Trinajstić information content (AvgIpc) is 2.78. The zero-order valence-electron chi connectivity index (χ0n) is 18.3. The highest BCUT2D eigenvalue weighted by Crippen LogP contribution is 2.36. The number of benzene rings is 2. The van der Waals surface area contributed by atoms with Gasteiger partial charge >= 0.3 is 0 Å². The fourth-order valence-electron chi connectivity index (χ4n) is 3.34. The highest BCUT2D eigenvalue weighted by atomic mass is 16.5. The molecule has 7 nitrogen and oxygen atoms in total. The van der Waals surface area contributed by atoms with Crippen molar-refractivity contribution in [3.63, 3.8) is 0 Å². The third-order valence-corrected chi connectivity index (χ3v) is 5.00. The predicted octanol–water partition coefficient (Wildman–Crippen LogP) is 4.27. The Hall–Kier alpha value is -3.48. The van der Waals surface area contributed by atoms with Crippen molar-refractivity contribution in [2.45, 2.75) is 32.8 Å². The number of carbonyl (C=O) groups is 2. The van der Waals surface area contributed by atoms with E-state index in [1.165, 1.54) is 6.08 Å². The number of amides is 2. The standard InChI is InChI=1S/C24H28N2O5/c1-5-6-13-26-19-15-18(9-11-20(19)31-16(2)24(26)28)25-23(27)12-8-17-7-10-21(29-3)22(14-17)30-4/h7-12,14-16H,5-6,13H2,1-4H3,(H,25,27)/b12-8+. The molecule has 3 rings (SSSR count). The van der Waals surface area contributed by atoms with Gasteiger partial charge in [0.05, 0.1) is 19.9 Å². The zero-order chi connectivity index (χ0) is 22.4. The molecule has 0 aromatic heterocycles. The molecule has 164 valence electrons. The Morgan fingerprint density at radius 2 is 1.94 bits per heavy atom. The largest absolute Gasteiger partial charge is 0.493 e. The number of anilines is 2. The monoisotopic (exact) mass is 424 g/mol. The van der Waals surface area contributed by atoms with E-state index in [2.05, 4.69) is 12.2 Å². The first-order valence-corrected chi connectivity index (χ1v) is 10.3. The summed E-state index contributed by atoms with van der Waals surface area (Å²) in [7, 11) is 3.13. The van der Waals surface area contributed by atoms with Crippen LogP contribution in [0.25, 0.3) is 6.08 Å². The second kappa shape index (κ2) is 10.0. The molecule has 0 spiro atoms. The van der Waals surface area contributed by atoms with Crippen LogP contribution in [0, 0.1) is 0 Å². The van der Waals surface area contributed by atoms with Crippen molar-refractivity contribution in [3.05, 3.63) is 48.0 Å². The van der Waals surface area contributed by atoms with E-state index in [1.807, 2.05) is 6.07 Å². The van der Waals surface area contributed by atoms with Gasteiger partial charge in [0.1, 0.15) is 5.75 Å². The summed E-state index contributed by atoms with van der Waals surface area (Å²) in [5.41, 5.74) is 2.07. The predicted molar refractivity (Wildman–Crippen MR) is 121 cm³/mol. The number of hydrogen-bond donors (Lipinski definition) is 1. The van der Waals surface area contributed by atoms with Crippen molar-refractivity contribution in [2.75, 3.05) is 31.0 Å². The quantitative estimate of drug-likeness (QED) is 0.641. The van der Waals surface area contributed by atoms with Crippen LogP contribution in [0.2, 0.25) is 0 Å². The van der Waals surface area contributed by atoms with Gasteiger partial charge < -0.3 is 24.4 Å². The molecule has 2 amide bonds. The molecule has 0 saturated heterocycles. The second-order valence-electron chi connectivity index (χ2n) is 7.22. The molecule has 1 atom stereocenters. The Labute approximate surface area is 182 Å². The number of nitrogens with zero attached hydrogens (tertiary/aromatic N) is 1. The van der Waals surface area contributed by atoms with E-state index >= 15 is 0 Å². The first-order chi connectivity index (χ1) is 15.0. The molecular weight excluding hydrogens is 396 g/mol. The third kappa shape index (κ3) is 5.17. The smallest absolute Gasteiger partial charge is 0.267 e. The first-order valence-electron chi connectivity index (χ1n) is 10.3. The van der Waals surface area contributed by atoms with Gasteiger partial charge in [0.2, 0.25) is 5.91 Å². The normalized spacial score (nSPS) is 15.4. The Bertz CT molecular complexity index is 986. The summed E-state index contributed by atoms with van der Waals surface area (Å²) in [6.45, 7) is 4.45. The van der Waals surface area contributed by atoms with Gasteiger partial charge in [-0.1, -0.05) is 19.4 Å². The van der Waals surface area contributed by atoms with Crippen LogP contribution < -0.4 is 24.4 Å². The van der Waals surface area contributed by atoms with Crippen LogP contribution in [-0.2, 0) is 9.59 Å². The van der Waals surface area contributed by atoms with Gasteiger partial charge in [0, 0.05) is 18.3 Å². The summed E-state index contributed by atoms with van der Waals surface area (Å²) >= 11 is 0. The number of ether oxygens (including phenoxy) is 3. The Morgan fingerprint density at radius 3 is 2.65 bits per heavy atom. The highest BCUT2D eigenvalue weighted by molar-refractivity contribution is 6.04. The lowest BCUT2D eigenvalue weighted by Crippen LogP contribution is -2.44. The summed E-state index contributed by atoms with van der Waals surface area (Å²) in [6, 6.07) is 10.7. The van der Waals surface area contributed by atoms with Crippen LogP contribution in [-0.4, -0.2) is 38.7 Å². The molecule has 7 heteroatoms. The van der Waals surface area contributed by atoms with Crippen molar-refractivity contribution in [1.29, 1.82) is 0 Å². The molecule has 2 aromatic rings. The van der Waals surface area contributed by atoms with Crippen molar-refractivity contribution in [3.8, 4) is 17.2 Å². The van der Waals surface area contributed by atoms with Gasteiger partial charge in [-0.2, -0.15) is 0 Å². The lowest BCUT2D eigenvalue weighted by atomic mass is 10.1. The van der Waals surface area contributed by atoms with E-state index in [1.54, 1.807) is 62.5 Å². The van der Waals surface area contributed by atoms with Crippen LogP contribution in [0.5, 0.6) is 17.2 Å². The fourth-order valence-corrected chi connectivity index (χ4v) is 3.34. The van der Waals surface area contributed by atoms with Gasteiger partial charge in [-0.05, 0) is 55.3 Å². The minimum atomic E-state index is -0.519. The van der Waals surface area contributed by atoms with Crippen LogP contribution >= 0.6 is 0 Å². The van der Waals surface area contributed by atoms with Gasteiger partial charge in [-0.25, -0.2) is 0 Å². The SMILES string of the molecule is CCCCN1C(=O)C(C)Oc2ccc(NC(=O)/C=C/c3ccc(OC)c(OC)c3)cc21. The Balaban J connectivity index is 1.74. The maximum Gasteiger partial charge on any atom is 0.267 e. The molecule has 0 aliphatic carbocycles. The number of carbonyl (C=O) groups excluding carboxylic acids is 2. The summed E-state index contributed by atoms with van der Waals surface area (Å²) in [5.74, 6) is 1.49. The van der Waals surface area contributed by atoms with E-state index in [0.29, 0.717) is 35.2 Å². The van der Waals surface area contributed by atoms with E-state index in [4.69, 9.17) is 14.2 Å². The number of hydrogen-bond acceptors (Lipinski definition) is 5. The summed E-state index contributed by atoms with van der Waals surface area (Å²) in [6.07, 6.45) is 4.49. The lowest BCUT2D eigenvalue weighted by molar-refractivity contribution is -0.125. The second-order valence-corrected chi connectivity index (χ2v) is 7.22. The number of unbranched alkanes of at least 4 members (excludes halogenated alkanes) is 1. The van der Waals surface area contributed by atoms with Crippen molar-refractivity contribution in [1.82, 2.24) is 0 Å². The van der Waals surface area contributed by atoms with Gasteiger partial charge in [-0.3, -0.25) is 9.59 Å². The molecule has 0 radical (unpaired) electrons. The number of nitrogens with one attached hydrogen (secondary N) is 1. The maximum atomic E-state index is 12.6. The Kier molecular flexibility index (Phi) is 7.18. The molecule has 0 bridgehead atoms. The molecule has 1 unspecified atom stereocenters. The molecule has 1 heterocycles. The highest BCUT2D eigenvalue weighted by Gasteiger charge is 2.31. The Morgan fingerprint density at radius 1 is 1.16 bits per heavy atom. The average molecular weight is 424 g/mol. The molecular formula is C24H28N2O5. The van der Waals surface area contributed by atoms with Gasteiger partial charge in [0.25, 0.3) is 5.91 Å². The van der Waals surface area contributed by atoms with Crippen molar-refractivity contribution in [2.24, 2.45) is 0 Å². The fraction of sp³-hybridized carbons (Fsp3) is 0.333. The maximum absolute atomic E-state index is 12.6. The van der Waals surface area contributed by atoms with Crippen molar-refractivity contribution < 1.29 is 23.8 Å². The zero-order valence-corrected chi connectivity index (χ0v) is 18.3. The topological polar surface area (TPSA) is 77.1 Å².